The monoisotopic (exact) mass is 417 g/mol. The molecular formula is C27H31NO3. The van der Waals surface area contributed by atoms with Gasteiger partial charge in [-0.25, -0.2) is 0 Å². The first-order valence-electron chi connectivity index (χ1n) is 12.0. The number of fused-ring (bicyclic) bond motifs is 9. The molecule has 5 aliphatic rings. The Kier molecular flexibility index (Phi) is 3.32. The fourth-order valence-corrected chi connectivity index (χ4v) is 8.35. The number of hydrogen-bond acceptors (Lipinski definition) is 3. The molecule has 1 spiro atoms. The fraction of sp³-hybridized carbons (Fsp3) is 0.593. The number of aromatic nitrogens is 1. The predicted molar refractivity (Wildman–Crippen MR) is 119 cm³/mol. The van der Waals surface area contributed by atoms with E-state index in [1.54, 1.807) is 11.3 Å². The van der Waals surface area contributed by atoms with Crippen molar-refractivity contribution in [1.82, 2.24) is 4.57 Å². The van der Waals surface area contributed by atoms with E-state index in [1.165, 1.54) is 23.7 Å². The Morgan fingerprint density at radius 3 is 2.74 bits per heavy atom. The number of nitrogens with zero attached hydrogens (tertiary/aromatic N) is 1. The maximum atomic E-state index is 13.0. The normalized spacial score (nSPS) is 42.1. The van der Waals surface area contributed by atoms with Crippen LogP contribution in [-0.2, 0) is 27.7 Å². The summed E-state index contributed by atoms with van der Waals surface area (Å²) in [6.45, 7) is 6.50. The summed E-state index contributed by atoms with van der Waals surface area (Å²) in [4.78, 5) is 13.0. The molecule has 4 nitrogen and oxygen atoms in total. The maximum absolute atomic E-state index is 13.0. The van der Waals surface area contributed by atoms with Crippen molar-refractivity contribution in [2.45, 2.75) is 76.3 Å². The van der Waals surface area contributed by atoms with E-state index in [4.69, 9.17) is 9.47 Å². The first-order chi connectivity index (χ1) is 14.8. The third-order valence-corrected chi connectivity index (χ3v) is 9.56. The quantitative estimate of drug-likeness (QED) is 0.603. The molecule has 7 rings (SSSR count). The number of ketones is 1. The van der Waals surface area contributed by atoms with E-state index in [2.05, 4.69) is 42.8 Å². The molecule has 1 aromatic carbocycles. The van der Waals surface area contributed by atoms with Crippen LogP contribution in [0.25, 0.3) is 10.9 Å². The molecule has 6 atom stereocenters. The van der Waals surface area contributed by atoms with Crippen molar-refractivity contribution in [3.63, 3.8) is 0 Å². The van der Waals surface area contributed by atoms with Crippen molar-refractivity contribution in [3.8, 4) is 0 Å². The third kappa shape index (κ3) is 2.07. The number of hydrogen-bond donors (Lipinski definition) is 0. The van der Waals surface area contributed by atoms with Crippen molar-refractivity contribution in [2.75, 3.05) is 0 Å². The molecular weight excluding hydrogens is 386 g/mol. The van der Waals surface area contributed by atoms with Gasteiger partial charge in [-0.05, 0) is 80.1 Å². The van der Waals surface area contributed by atoms with Crippen molar-refractivity contribution < 1.29 is 14.3 Å². The Balaban J connectivity index is 1.38. The summed E-state index contributed by atoms with van der Waals surface area (Å²) in [6.07, 6.45) is 6.92. The average Bonchev–Trinajstić information content (AvgIpc) is 3.32. The third-order valence-electron chi connectivity index (χ3n) is 9.56. The molecule has 1 aromatic heterocycles. The lowest BCUT2D eigenvalue weighted by atomic mass is 9.50. The van der Waals surface area contributed by atoms with Gasteiger partial charge < -0.3 is 14.0 Å². The zero-order valence-electron chi connectivity index (χ0n) is 18.9. The van der Waals surface area contributed by atoms with Gasteiger partial charge in [0, 0.05) is 36.0 Å². The highest BCUT2D eigenvalue weighted by Crippen LogP contribution is 2.68. The molecule has 0 N–H and O–H groups in total. The van der Waals surface area contributed by atoms with Gasteiger partial charge in [0.25, 0.3) is 0 Å². The lowest BCUT2D eigenvalue weighted by Crippen LogP contribution is -2.54. The molecule has 3 heterocycles. The number of ether oxygens (including phenoxy) is 2. The van der Waals surface area contributed by atoms with Crippen LogP contribution in [0.1, 0.15) is 63.6 Å². The number of rotatable bonds is 0. The van der Waals surface area contributed by atoms with Gasteiger partial charge in [0.2, 0.25) is 0 Å². The SMILES string of the molecule is Cn1c2c(c3ccccc31)CC1CCC3C4=CC(=O)C5OC4(CCC3(C)C21)OC5(C)C. The minimum absolute atomic E-state index is 0.0937. The molecule has 3 aliphatic carbocycles. The summed E-state index contributed by atoms with van der Waals surface area (Å²) in [5, 5.41) is 1.43. The smallest absolute Gasteiger partial charge is 0.193 e. The summed E-state index contributed by atoms with van der Waals surface area (Å²) in [5.41, 5.74) is 5.17. The van der Waals surface area contributed by atoms with Crippen LogP contribution < -0.4 is 0 Å². The van der Waals surface area contributed by atoms with Gasteiger partial charge in [0.05, 0.1) is 0 Å². The predicted octanol–water partition coefficient (Wildman–Crippen LogP) is 5.04. The van der Waals surface area contributed by atoms with Crippen LogP contribution in [0.5, 0.6) is 0 Å². The Bertz CT molecular complexity index is 1190. The molecule has 2 saturated carbocycles. The van der Waals surface area contributed by atoms with Gasteiger partial charge in [0.1, 0.15) is 5.60 Å². The molecule has 6 unspecified atom stereocenters. The summed E-state index contributed by atoms with van der Waals surface area (Å²) < 4.78 is 15.5. The van der Waals surface area contributed by atoms with E-state index < -0.39 is 17.5 Å². The second-order valence-electron chi connectivity index (χ2n) is 11.5. The van der Waals surface area contributed by atoms with Gasteiger partial charge in [0.15, 0.2) is 17.7 Å². The van der Waals surface area contributed by atoms with E-state index in [1.807, 2.05) is 19.9 Å². The van der Waals surface area contributed by atoms with Gasteiger partial charge in [-0.1, -0.05) is 25.1 Å². The van der Waals surface area contributed by atoms with Crippen LogP contribution >= 0.6 is 0 Å². The minimum atomic E-state index is -0.681. The number of benzene rings is 1. The minimum Gasteiger partial charge on any atom is -0.347 e. The van der Waals surface area contributed by atoms with Crippen LogP contribution in [0, 0.1) is 17.3 Å². The lowest BCUT2D eigenvalue weighted by Gasteiger charge is -2.57. The Morgan fingerprint density at radius 2 is 1.90 bits per heavy atom. The zero-order chi connectivity index (χ0) is 21.3. The zero-order valence-corrected chi connectivity index (χ0v) is 18.9. The van der Waals surface area contributed by atoms with E-state index in [0.29, 0.717) is 17.8 Å². The molecule has 31 heavy (non-hydrogen) atoms. The summed E-state index contributed by atoms with van der Waals surface area (Å²) in [7, 11) is 2.25. The van der Waals surface area contributed by atoms with Crippen LogP contribution in [-0.4, -0.2) is 27.8 Å². The van der Waals surface area contributed by atoms with Crippen LogP contribution in [0.4, 0.5) is 0 Å². The Hall–Kier alpha value is -1.91. The Morgan fingerprint density at radius 1 is 1.10 bits per heavy atom. The van der Waals surface area contributed by atoms with E-state index in [9.17, 15) is 4.79 Å². The van der Waals surface area contributed by atoms with Crippen LogP contribution in [0.15, 0.2) is 35.9 Å². The topological polar surface area (TPSA) is 40.5 Å². The molecule has 162 valence electrons. The summed E-state index contributed by atoms with van der Waals surface area (Å²) in [6, 6.07) is 8.87. The van der Waals surface area contributed by atoms with Crippen LogP contribution in [0.2, 0.25) is 0 Å². The first-order valence-corrected chi connectivity index (χ1v) is 12.0. The average molecular weight is 418 g/mol. The highest BCUT2D eigenvalue weighted by molar-refractivity contribution is 5.97. The number of para-hydroxylation sites is 1. The van der Waals surface area contributed by atoms with Crippen molar-refractivity contribution in [1.29, 1.82) is 0 Å². The molecule has 1 saturated heterocycles. The highest BCUT2D eigenvalue weighted by atomic mass is 16.8. The van der Waals surface area contributed by atoms with Gasteiger partial charge >= 0.3 is 0 Å². The number of carbonyl (C=O) groups is 1. The fourth-order valence-electron chi connectivity index (χ4n) is 8.35. The van der Waals surface area contributed by atoms with Gasteiger partial charge in [-0.15, -0.1) is 0 Å². The Labute approximate surface area is 183 Å². The van der Waals surface area contributed by atoms with Crippen LogP contribution in [0.3, 0.4) is 0 Å². The molecule has 3 fully saturated rings. The van der Waals surface area contributed by atoms with Gasteiger partial charge in [-0.3, -0.25) is 4.79 Å². The van der Waals surface area contributed by atoms with Crippen molar-refractivity contribution >= 4 is 16.7 Å². The maximum Gasteiger partial charge on any atom is 0.193 e. The van der Waals surface area contributed by atoms with E-state index in [-0.39, 0.29) is 11.2 Å². The second-order valence-corrected chi connectivity index (χ2v) is 11.5. The standard InChI is InChI=1S/C27H31NO3/c1-25(2)24-21(29)14-19-18-10-9-15-13-17-16-7-5-6-8-20(16)28(4)23(17)22(15)26(18,3)11-12-27(19,30-24)31-25/h5-8,14-15,18,22,24H,9-13H2,1-4H3. The summed E-state index contributed by atoms with van der Waals surface area (Å²) >= 11 is 0. The molecule has 0 radical (unpaired) electrons. The van der Waals surface area contributed by atoms with Gasteiger partial charge in [-0.2, -0.15) is 0 Å². The highest BCUT2D eigenvalue weighted by Gasteiger charge is 2.67. The molecule has 0 amide bonds. The number of aryl methyl sites for hydroxylation is 1. The van der Waals surface area contributed by atoms with E-state index in [0.717, 1.165) is 24.8 Å². The largest absolute Gasteiger partial charge is 0.347 e. The van der Waals surface area contributed by atoms with E-state index >= 15 is 0 Å². The lowest BCUT2D eigenvalue weighted by molar-refractivity contribution is -0.199. The van der Waals surface area contributed by atoms with Crippen molar-refractivity contribution in [2.24, 2.45) is 24.3 Å². The molecule has 2 aliphatic heterocycles. The molecule has 2 bridgehead atoms. The van der Waals surface area contributed by atoms with Crippen molar-refractivity contribution in [3.05, 3.63) is 47.2 Å². The molecule has 2 aromatic rings. The molecule has 4 heteroatoms. The number of carbonyl (C=O) groups excluding carboxylic acids is 1. The summed E-state index contributed by atoms with van der Waals surface area (Å²) in [5.74, 6) is 0.977. The first kappa shape index (κ1) is 18.6. The second kappa shape index (κ2) is 5.52.